The van der Waals surface area contributed by atoms with Crippen molar-refractivity contribution in [3.05, 3.63) is 6.07 Å². The number of nitrogens with zero attached hydrogens (tertiary/aromatic N) is 2. The monoisotopic (exact) mass is 196 g/mol. The number of rotatable bonds is 4. The highest BCUT2D eigenvalue weighted by molar-refractivity contribution is 5.38. The molecule has 0 aliphatic carbocycles. The lowest BCUT2D eigenvalue weighted by Gasteiger charge is -2.07. The van der Waals surface area contributed by atoms with Crippen LogP contribution in [0, 0.1) is 5.92 Å². The zero-order valence-electron chi connectivity index (χ0n) is 8.53. The van der Waals surface area contributed by atoms with Crippen molar-refractivity contribution < 1.29 is 4.74 Å². The van der Waals surface area contributed by atoms with Gasteiger partial charge in [0.2, 0.25) is 11.8 Å². The first-order valence-electron chi connectivity index (χ1n) is 4.60. The normalized spacial score (nSPS) is 10.5. The van der Waals surface area contributed by atoms with Crippen LogP contribution in [-0.4, -0.2) is 16.6 Å². The van der Waals surface area contributed by atoms with Gasteiger partial charge in [-0.25, -0.2) is 0 Å². The Morgan fingerprint density at radius 3 is 2.64 bits per heavy atom. The van der Waals surface area contributed by atoms with Gasteiger partial charge in [0.05, 0.1) is 6.61 Å². The molecule has 0 aliphatic rings. The molecule has 4 N–H and O–H groups in total. The molecule has 0 spiro atoms. The predicted octanol–water partition coefficient (Wildman–Crippen LogP) is 1.07. The molecule has 78 valence electrons. The SMILES string of the molecule is CC(C)CCOc1cc(N)nc(N)n1. The van der Waals surface area contributed by atoms with Crippen molar-refractivity contribution in [3.8, 4) is 5.88 Å². The predicted molar refractivity (Wildman–Crippen MR) is 55.8 cm³/mol. The van der Waals surface area contributed by atoms with Crippen molar-refractivity contribution in [3.63, 3.8) is 0 Å². The largest absolute Gasteiger partial charge is 0.477 e. The Morgan fingerprint density at radius 1 is 1.36 bits per heavy atom. The Hall–Kier alpha value is -1.52. The Bertz CT molecular complexity index is 281. The van der Waals surface area contributed by atoms with Crippen LogP contribution in [0.5, 0.6) is 5.88 Å². The summed E-state index contributed by atoms with van der Waals surface area (Å²) in [5, 5.41) is 0. The average molecular weight is 196 g/mol. The molecule has 0 aliphatic heterocycles. The van der Waals surface area contributed by atoms with Crippen molar-refractivity contribution in [2.24, 2.45) is 5.92 Å². The van der Waals surface area contributed by atoms with Gasteiger partial charge in [0.1, 0.15) is 5.82 Å². The van der Waals surface area contributed by atoms with E-state index in [9.17, 15) is 0 Å². The van der Waals surface area contributed by atoms with E-state index < -0.39 is 0 Å². The molecule has 1 aromatic rings. The molecule has 0 atom stereocenters. The van der Waals surface area contributed by atoms with Crippen molar-refractivity contribution in [1.82, 2.24) is 9.97 Å². The summed E-state index contributed by atoms with van der Waals surface area (Å²) in [5.74, 6) is 1.52. The topological polar surface area (TPSA) is 87.0 Å². The highest BCUT2D eigenvalue weighted by Crippen LogP contribution is 2.12. The zero-order valence-corrected chi connectivity index (χ0v) is 8.53. The summed E-state index contributed by atoms with van der Waals surface area (Å²) in [4.78, 5) is 7.64. The number of nitrogen functional groups attached to an aromatic ring is 2. The Labute approximate surface area is 83.5 Å². The second-order valence-corrected chi connectivity index (χ2v) is 3.52. The van der Waals surface area contributed by atoms with Gasteiger partial charge < -0.3 is 16.2 Å². The molecule has 14 heavy (non-hydrogen) atoms. The quantitative estimate of drug-likeness (QED) is 0.752. The molecule has 0 unspecified atom stereocenters. The van der Waals surface area contributed by atoms with Crippen molar-refractivity contribution in [2.45, 2.75) is 20.3 Å². The molecular formula is C9H16N4O. The highest BCUT2D eigenvalue weighted by Gasteiger charge is 2.01. The first-order chi connectivity index (χ1) is 6.58. The average Bonchev–Trinajstić information content (AvgIpc) is 2.01. The lowest BCUT2D eigenvalue weighted by Crippen LogP contribution is -2.06. The molecule has 0 amide bonds. The molecular weight excluding hydrogens is 180 g/mol. The number of aromatic nitrogens is 2. The molecule has 0 bridgehead atoms. The summed E-state index contributed by atoms with van der Waals surface area (Å²) in [6.45, 7) is 4.88. The molecule has 0 radical (unpaired) electrons. The lowest BCUT2D eigenvalue weighted by molar-refractivity contribution is 0.279. The van der Waals surface area contributed by atoms with Crippen LogP contribution < -0.4 is 16.2 Å². The summed E-state index contributed by atoms with van der Waals surface area (Å²) in [6, 6.07) is 1.57. The van der Waals surface area contributed by atoms with Gasteiger partial charge in [0.25, 0.3) is 0 Å². The molecule has 0 aromatic carbocycles. The molecule has 0 saturated heterocycles. The van der Waals surface area contributed by atoms with Crippen LogP contribution in [0.1, 0.15) is 20.3 Å². The van der Waals surface area contributed by atoms with Crippen molar-refractivity contribution >= 4 is 11.8 Å². The van der Waals surface area contributed by atoms with Gasteiger partial charge in [0.15, 0.2) is 0 Å². The maximum absolute atomic E-state index is 5.48. The fourth-order valence-corrected chi connectivity index (χ4v) is 0.934. The van der Waals surface area contributed by atoms with E-state index in [0.29, 0.717) is 24.2 Å². The lowest BCUT2D eigenvalue weighted by atomic mass is 10.1. The molecule has 1 heterocycles. The van der Waals surface area contributed by atoms with Gasteiger partial charge in [-0.1, -0.05) is 13.8 Å². The van der Waals surface area contributed by atoms with Crippen LogP contribution in [-0.2, 0) is 0 Å². The molecule has 1 aromatic heterocycles. The van der Waals surface area contributed by atoms with Gasteiger partial charge in [-0.15, -0.1) is 0 Å². The van der Waals surface area contributed by atoms with Crippen LogP contribution >= 0.6 is 0 Å². The fraction of sp³-hybridized carbons (Fsp3) is 0.556. The standard InChI is InChI=1S/C9H16N4O/c1-6(2)3-4-14-8-5-7(10)12-9(11)13-8/h5-6H,3-4H2,1-2H3,(H4,10,11,12,13). The van der Waals surface area contributed by atoms with Crippen LogP contribution in [0.3, 0.4) is 0 Å². The van der Waals surface area contributed by atoms with E-state index in [1.807, 2.05) is 0 Å². The maximum atomic E-state index is 5.48. The number of anilines is 2. The van der Waals surface area contributed by atoms with E-state index >= 15 is 0 Å². The Kier molecular flexibility index (Phi) is 3.50. The fourth-order valence-electron chi connectivity index (χ4n) is 0.934. The summed E-state index contributed by atoms with van der Waals surface area (Å²) >= 11 is 0. The minimum Gasteiger partial charge on any atom is -0.477 e. The summed E-state index contributed by atoms with van der Waals surface area (Å²) in [7, 11) is 0. The van der Waals surface area contributed by atoms with Gasteiger partial charge in [-0.05, 0) is 12.3 Å². The summed E-state index contributed by atoms with van der Waals surface area (Å²) < 4.78 is 5.37. The first kappa shape index (κ1) is 10.6. The Balaban J connectivity index is 2.50. The van der Waals surface area contributed by atoms with Crippen LogP contribution in [0.4, 0.5) is 11.8 Å². The third-order valence-electron chi connectivity index (χ3n) is 1.68. The van der Waals surface area contributed by atoms with E-state index in [0.717, 1.165) is 6.42 Å². The van der Waals surface area contributed by atoms with E-state index in [2.05, 4.69) is 23.8 Å². The molecule has 5 nitrogen and oxygen atoms in total. The molecule has 1 rings (SSSR count). The van der Waals surface area contributed by atoms with Crippen molar-refractivity contribution in [2.75, 3.05) is 18.1 Å². The highest BCUT2D eigenvalue weighted by atomic mass is 16.5. The summed E-state index contributed by atoms with van der Waals surface area (Å²) in [5.41, 5.74) is 10.9. The van der Waals surface area contributed by atoms with Crippen LogP contribution in [0.15, 0.2) is 6.07 Å². The second-order valence-electron chi connectivity index (χ2n) is 3.52. The summed E-state index contributed by atoms with van der Waals surface area (Å²) in [6.07, 6.45) is 0.976. The maximum Gasteiger partial charge on any atom is 0.225 e. The Morgan fingerprint density at radius 2 is 2.07 bits per heavy atom. The van der Waals surface area contributed by atoms with E-state index in [1.165, 1.54) is 0 Å². The molecule has 0 saturated carbocycles. The number of hydrogen-bond acceptors (Lipinski definition) is 5. The van der Waals surface area contributed by atoms with Crippen LogP contribution in [0.25, 0.3) is 0 Å². The van der Waals surface area contributed by atoms with Gasteiger partial charge >= 0.3 is 0 Å². The first-order valence-corrected chi connectivity index (χ1v) is 4.60. The molecule has 0 fully saturated rings. The van der Waals surface area contributed by atoms with E-state index in [4.69, 9.17) is 16.2 Å². The minimum absolute atomic E-state index is 0.143. The third kappa shape index (κ3) is 3.47. The zero-order chi connectivity index (χ0) is 10.6. The number of ether oxygens (including phenoxy) is 1. The number of hydrogen-bond donors (Lipinski definition) is 2. The van der Waals surface area contributed by atoms with E-state index in [-0.39, 0.29) is 5.95 Å². The second kappa shape index (κ2) is 4.64. The van der Waals surface area contributed by atoms with E-state index in [1.54, 1.807) is 6.07 Å². The van der Waals surface area contributed by atoms with Gasteiger partial charge in [-0.2, -0.15) is 9.97 Å². The number of nitrogens with two attached hydrogens (primary N) is 2. The molecule has 5 heteroatoms. The van der Waals surface area contributed by atoms with Crippen molar-refractivity contribution in [1.29, 1.82) is 0 Å². The van der Waals surface area contributed by atoms with Gasteiger partial charge in [-0.3, -0.25) is 0 Å². The minimum atomic E-state index is 0.143. The third-order valence-corrected chi connectivity index (χ3v) is 1.68. The van der Waals surface area contributed by atoms with Crippen LogP contribution in [0.2, 0.25) is 0 Å². The smallest absolute Gasteiger partial charge is 0.225 e. The van der Waals surface area contributed by atoms with Gasteiger partial charge in [0, 0.05) is 6.07 Å².